The predicted octanol–water partition coefficient (Wildman–Crippen LogP) is 4.52. The summed E-state index contributed by atoms with van der Waals surface area (Å²) in [6.45, 7) is 3.08. The van der Waals surface area contributed by atoms with Crippen molar-refractivity contribution in [2.24, 2.45) is 0 Å². The molecular formula is C28H32O5. The largest absolute Gasteiger partial charge is 0.394 e. The molecule has 174 valence electrons. The van der Waals surface area contributed by atoms with Gasteiger partial charge in [0.2, 0.25) is 0 Å². The van der Waals surface area contributed by atoms with Crippen molar-refractivity contribution in [2.45, 2.75) is 57.3 Å². The van der Waals surface area contributed by atoms with Crippen LogP contribution in [0, 0.1) is 0 Å². The Hall–Kier alpha value is -2.54. The zero-order chi connectivity index (χ0) is 22.9. The number of rotatable bonds is 10. The van der Waals surface area contributed by atoms with E-state index in [1.165, 1.54) is 0 Å². The Bertz CT molecular complexity index is 934. The molecule has 4 rings (SSSR count). The van der Waals surface area contributed by atoms with E-state index in [0.717, 1.165) is 16.7 Å². The first kappa shape index (κ1) is 23.6. The fourth-order valence-electron chi connectivity index (χ4n) is 4.17. The van der Waals surface area contributed by atoms with E-state index in [1.807, 2.05) is 97.9 Å². The minimum atomic E-state index is -0.499. The molecule has 0 bridgehead atoms. The number of aliphatic hydroxyl groups is 1. The van der Waals surface area contributed by atoms with Gasteiger partial charge in [0.15, 0.2) is 0 Å². The molecule has 33 heavy (non-hydrogen) atoms. The maximum Gasteiger partial charge on any atom is 0.115 e. The number of benzene rings is 3. The van der Waals surface area contributed by atoms with Crippen LogP contribution in [0.4, 0.5) is 0 Å². The summed E-state index contributed by atoms with van der Waals surface area (Å²) in [5, 5.41) is 10.1. The van der Waals surface area contributed by atoms with Gasteiger partial charge in [-0.25, -0.2) is 0 Å². The summed E-state index contributed by atoms with van der Waals surface area (Å²) in [6.07, 6.45) is -1.99. The van der Waals surface area contributed by atoms with Crippen LogP contribution in [0.15, 0.2) is 91.0 Å². The average molecular weight is 449 g/mol. The Morgan fingerprint density at radius 1 is 0.606 bits per heavy atom. The molecule has 1 aliphatic heterocycles. The Labute approximate surface area is 195 Å². The lowest BCUT2D eigenvalue weighted by Crippen LogP contribution is -2.60. The molecule has 0 unspecified atom stereocenters. The van der Waals surface area contributed by atoms with Crippen LogP contribution in [0.3, 0.4) is 0 Å². The third-order valence-corrected chi connectivity index (χ3v) is 5.90. The molecule has 1 N–H and O–H groups in total. The summed E-state index contributed by atoms with van der Waals surface area (Å²) in [7, 11) is 0. The van der Waals surface area contributed by atoms with Gasteiger partial charge in [-0.15, -0.1) is 0 Å². The topological polar surface area (TPSA) is 57.2 Å². The number of hydrogen-bond acceptors (Lipinski definition) is 5. The lowest BCUT2D eigenvalue weighted by Gasteiger charge is -2.45. The predicted molar refractivity (Wildman–Crippen MR) is 126 cm³/mol. The smallest absolute Gasteiger partial charge is 0.115 e. The van der Waals surface area contributed by atoms with Crippen LogP contribution in [0.2, 0.25) is 0 Å². The van der Waals surface area contributed by atoms with Crippen molar-refractivity contribution in [1.82, 2.24) is 0 Å². The van der Waals surface area contributed by atoms with Crippen LogP contribution in [0.5, 0.6) is 0 Å². The highest BCUT2D eigenvalue weighted by atomic mass is 16.6. The van der Waals surface area contributed by atoms with Gasteiger partial charge in [0.25, 0.3) is 0 Å². The molecule has 5 atom stereocenters. The monoisotopic (exact) mass is 448 g/mol. The van der Waals surface area contributed by atoms with Gasteiger partial charge >= 0.3 is 0 Å². The highest BCUT2D eigenvalue weighted by molar-refractivity contribution is 5.15. The van der Waals surface area contributed by atoms with E-state index >= 15 is 0 Å². The van der Waals surface area contributed by atoms with Crippen molar-refractivity contribution in [2.75, 3.05) is 6.61 Å². The van der Waals surface area contributed by atoms with Gasteiger partial charge in [-0.3, -0.25) is 0 Å². The summed E-state index contributed by atoms with van der Waals surface area (Å²) < 4.78 is 25.2. The summed E-state index contributed by atoms with van der Waals surface area (Å²) in [5.74, 6) is 0. The van der Waals surface area contributed by atoms with Crippen LogP contribution in [-0.2, 0) is 38.8 Å². The second kappa shape index (κ2) is 12.1. The Kier molecular flexibility index (Phi) is 8.64. The zero-order valence-corrected chi connectivity index (χ0v) is 19.0. The Morgan fingerprint density at radius 2 is 1.00 bits per heavy atom. The van der Waals surface area contributed by atoms with Gasteiger partial charge in [0.05, 0.1) is 32.5 Å². The molecule has 3 aromatic rings. The van der Waals surface area contributed by atoms with Gasteiger partial charge in [-0.05, 0) is 23.6 Å². The Balaban J connectivity index is 1.53. The van der Waals surface area contributed by atoms with Gasteiger partial charge in [-0.1, -0.05) is 91.0 Å². The van der Waals surface area contributed by atoms with Crippen LogP contribution in [0.25, 0.3) is 0 Å². The third kappa shape index (κ3) is 6.50. The van der Waals surface area contributed by atoms with Crippen LogP contribution < -0.4 is 0 Å². The van der Waals surface area contributed by atoms with Crippen LogP contribution in [-0.4, -0.2) is 42.2 Å². The van der Waals surface area contributed by atoms with E-state index < -0.39 is 18.3 Å². The zero-order valence-electron chi connectivity index (χ0n) is 19.0. The molecule has 5 nitrogen and oxygen atoms in total. The molecule has 1 saturated heterocycles. The standard InChI is InChI=1S/C28H32O5/c1-21-26(30-18-22-11-5-2-6-12-22)28(32-20-24-15-9-4-10-16-24)27(25(17-29)33-21)31-19-23-13-7-3-8-14-23/h2-16,21,25-29H,17-20H2,1H3/t21-,25-,26+,27+,28+/m0/s1. The molecule has 1 heterocycles. The first-order valence-corrected chi connectivity index (χ1v) is 11.5. The fourth-order valence-corrected chi connectivity index (χ4v) is 4.17. The van der Waals surface area contributed by atoms with Crippen molar-refractivity contribution < 1.29 is 24.1 Å². The van der Waals surface area contributed by atoms with Crippen LogP contribution >= 0.6 is 0 Å². The first-order valence-electron chi connectivity index (χ1n) is 11.5. The summed E-state index contributed by atoms with van der Waals surface area (Å²) >= 11 is 0. The average Bonchev–Trinajstić information content (AvgIpc) is 2.87. The van der Waals surface area contributed by atoms with Gasteiger partial charge in [0, 0.05) is 0 Å². The van der Waals surface area contributed by atoms with Crippen molar-refractivity contribution in [3.05, 3.63) is 108 Å². The van der Waals surface area contributed by atoms with Gasteiger partial charge < -0.3 is 24.1 Å². The summed E-state index contributed by atoms with van der Waals surface area (Å²) in [6, 6.07) is 30.1. The molecule has 1 aliphatic rings. The van der Waals surface area contributed by atoms with E-state index in [2.05, 4.69) is 0 Å². The SMILES string of the molecule is C[C@@H]1O[C@@H](CO)[C@@H](OCc2ccccc2)[C@H](OCc2ccccc2)[C@@H]1OCc1ccccc1. The van der Waals surface area contributed by atoms with Crippen molar-refractivity contribution >= 4 is 0 Å². The van der Waals surface area contributed by atoms with Gasteiger partial charge in [-0.2, -0.15) is 0 Å². The van der Waals surface area contributed by atoms with Crippen molar-refractivity contribution in [3.63, 3.8) is 0 Å². The number of aliphatic hydroxyl groups excluding tert-OH is 1. The molecular weight excluding hydrogens is 416 g/mol. The molecule has 3 aromatic carbocycles. The highest BCUT2D eigenvalue weighted by Gasteiger charge is 2.46. The summed E-state index contributed by atoms with van der Waals surface area (Å²) in [4.78, 5) is 0. The van der Waals surface area contributed by atoms with E-state index in [-0.39, 0.29) is 18.8 Å². The molecule has 1 fully saturated rings. The van der Waals surface area contributed by atoms with Crippen molar-refractivity contribution in [3.8, 4) is 0 Å². The molecule has 0 aromatic heterocycles. The molecule has 0 saturated carbocycles. The normalized spacial score (nSPS) is 25.1. The second-order valence-corrected chi connectivity index (χ2v) is 8.35. The second-order valence-electron chi connectivity index (χ2n) is 8.35. The lowest BCUT2D eigenvalue weighted by molar-refractivity contribution is -0.266. The van der Waals surface area contributed by atoms with Gasteiger partial charge in [0.1, 0.15) is 24.4 Å². The third-order valence-electron chi connectivity index (χ3n) is 5.90. The summed E-state index contributed by atoms with van der Waals surface area (Å²) in [5.41, 5.74) is 3.20. The molecule has 0 spiro atoms. The molecule has 0 radical (unpaired) electrons. The maximum atomic E-state index is 10.1. The first-order chi connectivity index (χ1) is 16.2. The molecule has 5 heteroatoms. The Morgan fingerprint density at radius 3 is 1.42 bits per heavy atom. The van der Waals surface area contributed by atoms with E-state index in [1.54, 1.807) is 0 Å². The van der Waals surface area contributed by atoms with E-state index in [4.69, 9.17) is 18.9 Å². The highest BCUT2D eigenvalue weighted by Crippen LogP contribution is 2.30. The maximum absolute atomic E-state index is 10.1. The number of ether oxygens (including phenoxy) is 4. The molecule has 0 aliphatic carbocycles. The fraction of sp³-hybridized carbons (Fsp3) is 0.357. The van der Waals surface area contributed by atoms with Crippen LogP contribution in [0.1, 0.15) is 23.6 Å². The van der Waals surface area contributed by atoms with Crippen molar-refractivity contribution in [1.29, 1.82) is 0 Å². The quantitative estimate of drug-likeness (QED) is 0.494. The minimum Gasteiger partial charge on any atom is -0.394 e. The minimum absolute atomic E-state index is 0.152. The van der Waals surface area contributed by atoms with E-state index in [9.17, 15) is 5.11 Å². The number of hydrogen-bond donors (Lipinski definition) is 1. The lowest BCUT2D eigenvalue weighted by atomic mass is 9.94. The molecule has 0 amide bonds. The van der Waals surface area contributed by atoms with E-state index in [0.29, 0.717) is 19.8 Å².